The fraction of sp³-hybridized carbons (Fsp3) is 0.278. The van der Waals surface area contributed by atoms with Gasteiger partial charge >= 0.3 is 0 Å². The highest BCUT2D eigenvalue weighted by Crippen LogP contribution is 2.26. The topological polar surface area (TPSA) is 47.6 Å². The zero-order valence-corrected chi connectivity index (χ0v) is 14.4. The lowest BCUT2D eigenvalue weighted by molar-refractivity contribution is -0.122. The molecule has 1 N–H and O–H groups in total. The van der Waals surface area contributed by atoms with E-state index in [1.54, 1.807) is 32.2 Å². The zero-order valence-electron chi connectivity index (χ0n) is 13.6. The number of halogens is 1. The standard InChI is InChI=1S/C18H20ClNO3/c1-11-5-7-17(22-4)15(9-11)20-18(21)13(3)23-16-8-6-14(19)10-12(16)2/h5-10,13H,1-4H3,(H,20,21). The number of rotatable bonds is 5. The maximum atomic E-state index is 12.4. The summed E-state index contributed by atoms with van der Waals surface area (Å²) in [5.41, 5.74) is 2.54. The Morgan fingerprint density at radius 3 is 2.48 bits per heavy atom. The maximum absolute atomic E-state index is 12.4. The van der Waals surface area contributed by atoms with Gasteiger partial charge in [-0.05, 0) is 62.2 Å². The van der Waals surface area contributed by atoms with E-state index in [9.17, 15) is 4.79 Å². The highest BCUT2D eigenvalue weighted by atomic mass is 35.5. The molecule has 0 aliphatic heterocycles. The minimum Gasteiger partial charge on any atom is -0.495 e. The molecule has 0 fully saturated rings. The van der Waals surface area contributed by atoms with Gasteiger partial charge in [0, 0.05) is 5.02 Å². The summed E-state index contributed by atoms with van der Waals surface area (Å²) in [6.07, 6.45) is -0.653. The van der Waals surface area contributed by atoms with Gasteiger partial charge in [0.15, 0.2) is 6.10 Å². The highest BCUT2D eigenvalue weighted by Gasteiger charge is 2.17. The van der Waals surface area contributed by atoms with Crippen molar-refractivity contribution in [2.45, 2.75) is 26.9 Å². The molecule has 0 saturated carbocycles. The molecule has 122 valence electrons. The van der Waals surface area contributed by atoms with E-state index in [1.165, 1.54) is 0 Å². The Morgan fingerprint density at radius 2 is 1.83 bits per heavy atom. The molecule has 0 aliphatic rings. The van der Waals surface area contributed by atoms with Crippen molar-refractivity contribution in [3.8, 4) is 11.5 Å². The van der Waals surface area contributed by atoms with Crippen molar-refractivity contribution in [1.82, 2.24) is 0 Å². The van der Waals surface area contributed by atoms with Crippen molar-refractivity contribution in [2.24, 2.45) is 0 Å². The Bertz CT molecular complexity index is 715. The SMILES string of the molecule is COc1ccc(C)cc1NC(=O)C(C)Oc1ccc(Cl)cc1C. The molecule has 0 bridgehead atoms. The van der Waals surface area contributed by atoms with Gasteiger partial charge in [0.2, 0.25) is 0 Å². The van der Waals surface area contributed by atoms with Crippen LogP contribution < -0.4 is 14.8 Å². The Hall–Kier alpha value is -2.20. The summed E-state index contributed by atoms with van der Waals surface area (Å²) in [5, 5.41) is 3.47. The molecule has 0 radical (unpaired) electrons. The number of ether oxygens (including phenoxy) is 2. The van der Waals surface area contributed by atoms with Gasteiger partial charge in [-0.1, -0.05) is 17.7 Å². The second kappa shape index (κ2) is 7.38. The van der Waals surface area contributed by atoms with E-state index in [0.717, 1.165) is 11.1 Å². The Balaban J connectivity index is 2.10. The van der Waals surface area contributed by atoms with Gasteiger partial charge in [-0.15, -0.1) is 0 Å². The molecule has 0 heterocycles. The molecule has 1 amide bonds. The molecular weight excluding hydrogens is 314 g/mol. The van der Waals surface area contributed by atoms with Crippen molar-refractivity contribution in [3.63, 3.8) is 0 Å². The molecule has 0 aromatic heterocycles. The van der Waals surface area contributed by atoms with Gasteiger partial charge in [-0.25, -0.2) is 0 Å². The molecule has 2 aromatic rings. The second-order valence-electron chi connectivity index (χ2n) is 5.36. The Kier molecular flexibility index (Phi) is 5.50. The van der Waals surface area contributed by atoms with Crippen LogP contribution >= 0.6 is 11.6 Å². The van der Waals surface area contributed by atoms with E-state index in [0.29, 0.717) is 22.2 Å². The Labute approximate surface area is 141 Å². The number of benzene rings is 2. The number of carbonyl (C=O) groups excluding carboxylic acids is 1. The van der Waals surface area contributed by atoms with Gasteiger partial charge < -0.3 is 14.8 Å². The number of hydrogen-bond donors (Lipinski definition) is 1. The third-order valence-corrected chi connectivity index (χ3v) is 3.66. The predicted octanol–water partition coefficient (Wildman–Crippen LogP) is 4.37. The fourth-order valence-electron chi connectivity index (χ4n) is 2.14. The summed E-state index contributed by atoms with van der Waals surface area (Å²) in [6.45, 7) is 5.53. The first kappa shape index (κ1) is 17.2. The number of aryl methyl sites for hydroxylation is 2. The minimum atomic E-state index is -0.653. The van der Waals surface area contributed by atoms with Gasteiger partial charge in [0.1, 0.15) is 11.5 Å². The summed E-state index contributed by atoms with van der Waals surface area (Å²) in [4.78, 5) is 12.4. The first-order valence-corrected chi connectivity index (χ1v) is 7.67. The lowest BCUT2D eigenvalue weighted by Crippen LogP contribution is -2.30. The van der Waals surface area contributed by atoms with Crippen LogP contribution in [0.5, 0.6) is 11.5 Å². The molecule has 5 heteroatoms. The van der Waals surface area contributed by atoms with Crippen molar-refractivity contribution in [2.75, 3.05) is 12.4 Å². The van der Waals surface area contributed by atoms with Crippen LogP contribution in [0.15, 0.2) is 36.4 Å². The summed E-state index contributed by atoms with van der Waals surface area (Å²) < 4.78 is 11.0. The smallest absolute Gasteiger partial charge is 0.265 e. The monoisotopic (exact) mass is 333 g/mol. The number of carbonyl (C=O) groups is 1. The molecule has 2 aromatic carbocycles. The average Bonchev–Trinajstić information content (AvgIpc) is 2.50. The van der Waals surface area contributed by atoms with E-state index >= 15 is 0 Å². The number of amides is 1. The van der Waals surface area contributed by atoms with E-state index in [2.05, 4.69) is 5.32 Å². The third-order valence-electron chi connectivity index (χ3n) is 3.42. The molecule has 1 unspecified atom stereocenters. The molecule has 0 spiro atoms. The second-order valence-corrected chi connectivity index (χ2v) is 5.80. The largest absolute Gasteiger partial charge is 0.495 e. The highest BCUT2D eigenvalue weighted by molar-refractivity contribution is 6.30. The fourth-order valence-corrected chi connectivity index (χ4v) is 2.37. The third kappa shape index (κ3) is 4.39. The number of hydrogen-bond acceptors (Lipinski definition) is 3. The predicted molar refractivity (Wildman–Crippen MR) is 92.6 cm³/mol. The molecule has 0 saturated heterocycles. The summed E-state index contributed by atoms with van der Waals surface area (Å²) in [7, 11) is 1.57. The van der Waals surface area contributed by atoms with Crippen LogP contribution in [-0.2, 0) is 4.79 Å². The lowest BCUT2D eigenvalue weighted by Gasteiger charge is -2.17. The number of nitrogens with one attached hydrogen (secondary N) is 1. The van der Waals surface area contributed by atoms with Crippen LogP contribution in [0.2, 0.25) is 5.02 Å². The van der Waals surface area contributed by atoms with Gasteiger partial charge in [-0.3, -0.25) is 4.79 Å². The summed E-state index contributed by atoms with van der Waals surface area (Å²) in [5.74, 6) is 0.996. The minimum absolute atomic E-state index is 0.247. The molecule has 2 rings (SSSR count). The van der Waals surface area contributed by atoms with Gasteiger partial charge in [0.25, 0.3) is 5.91 Å². The molecular formula is C18H20ClNO3. The van der Waals surface area contributed by atoms with E-state index in [-0.39, 0.29) is 5.91 Å². The van der Waals surface area contributed by atoms with Crippen LogP contribution in [0, 0.1) is 13.8 Å². The normalized spacial score (nSPS) is 11.7. The van der Waals surface area contributed by atoms with Crippen LogP contribution in [0.1, 0.15) is 18.1 Å². The van der Waals surface area contributed by atoms with Crippen LogP contribution in [-0.4, -0.2) is 19.1 Å². The molecule has 0 aliphatic carbocycles. The van der Waals surface area contributed by atoms with Crippen LogP contribution in [0.4, 0.5) is 5.69 Å². The number of methoxy groups -OCH3 is 1. The quantitative estimate of drug-likeness (QED) is 0.883. The van der Waals surface area contributed by atoms with Crippen LogP contribution in [0.25, 0.3) is 0 Å². The van der Waals surface area contributed by atoms with Crippen LogP contribution in [0.3, 0.4) is 0 Å². The van der Waals surface area contributed by atoms with E-state index in [4.69, 9.17) is 21.1 Å². The first-order valence-electron chi connectivity index (χ1n) is 7.29. The van der Waals surface area contributed by atoms with E-state index < -0.39 is 6.10 Å². The summed E-state index contributed by atoms with van der Waals surface area (Å²) in [6, 6.07) is 10.9. The molecule has 4 nitrogen and oxygen atoms in total. The molecule has 23 heavy (non-hydrogen) atoms. The maximum Gasteiger partial charge on any atom is 0.265 e. The molecule has 1 atom stereocenters. The zero-order chi connectivity index (χ0) is 17.0. The Morgan fingerprint density at radius 1 is 1.13 bits per heavy atom. The summed E-state index contributed by atoms with van der Waals surface area (Å²) >= 11 is 5.92. The first-order chi connectivity index (χ1) is 10.9. The van der Waals surface area contributed by atoms with Crippen molar-refractivity contribution in [1.29, 1.82) is 0 Å². The number of anilines is 1. The van der Waals surface area contributed by atoms with Crippen molar-refractivity contribution in [3.05, 3.63) is 52.5 Å². The van der Waals surface area contributed by atoms with Crippen molar-refractivity contribution >= 4 is 23.2 Å². The van der Waals surface area contributed by atoms with Crippen molar-refractivity contribution < 1.29 is 14.3 Å². The average molecular weight is 334 g/mol. The van der Waals surface area contributed by atoms with Gasteiger partial charge in [0.05, 0.1) is 12.8 Å². The van der Waals surface area contributed by atoms with Gasteiger partial charge in [-0.2, -0.15) is 0 Å². The van der Waals surface area contributed by atoms with E-state index in [1.807, 2.05) is 32.0 Å². The lowest BCUT2D eigenvalue weighted by atomic mass is 10.2.